The molecule has 19 heavy (non-hydrogen) atoms. The third-order valence-electron chi connectivity index (χ3n) is 2.80. The highest BCUT2D eigenvalue weighted by Gasteiger charge is 2.14. The van der Waals surface area contributed by atoms with Crippen LogP contribution in [0.25, 0.3) is 10.8 Å². The fraction of sp³-hybridized carbons (Fsp3) is 0.154. The Hall–Kier alpha value is -2.47. The molecule has 98 valence electrons. The first kappa shape index (κ1) is 13.0. The van der Waals surface area contributed by atoms with Crippen LogP contribution in [0.4, 0.5) is 5.69 Å². The predicted molar refractivity (Wildman–Crippen MR) is 71.1 cm³/mol. The molecule has 1 aromatic carbocycles. The fourth-order valence-electron chi connectivity index (χ4n) is 1.94. The number of nitrogens with zero attached hydrogens (tertiary/aromatic N) is 1. The molecule has 2 rings (SSSR count). The number of aromatic nitrogens is 1. The lowest BCUT2D eigenvalue weighted by Gasteiger charge is -2.11. The van der Waals surface area contributed by atoms with Crippen molar-refractivity contribution in [2.24, 2.45) is 5.73 Å². The first-order valence-corrected chi connectivity index (χ1v) is 5.66. The van der Waals surface area contributed by atoms with Gasteiger partial charge in [-0.2, -0.15) is 0 Å². The van der Waals surface area contributed by atoms with Gasteiger partial charge in [-0.3, -0.25) is 4.79 Å². The molecule has 0 saturated carbocycles. The highest BCUT2D eigenvalue weighted by atomic mass is 16.4. The van der Waals surface area contributed by atoms with E-state index in [9.17, 15) is 9.59 Å². The molecule has 0 unspecified atom stereocenters. The van der Waals surface area contributed by atoms with Gasteiger partial charge in [-0.05, 0) is 24.6 Å². The van der Waals surface area contributed by atoms with Crippen LogP contribution in [0.15, 0.2) is 24.4 Å². The minimum absolute atomic E-state index is 0.0288. The van der Waals surface area contributed by atoms with E-state index in [1.54, 1.807) is 25.1 Å². The van der Waals surface area contributed by atoms with Gasteiger partial charge in [0.1, 0.15) is 0 Å². The molecule has 0 aliphatic heterocycles. The number of anilines is 1. The predicted octanol–water partition coefficient (Wildman–Crippen LogP) is 1.14. The lowest BCUT2D eigenvalue weighted by molar-refractivity contribution is -0.114. The van der Waals surface area contributed by atoms with E-state index >= 15 is 0 Å². The number of aromatic carboxylic acids is 1. The zero-order valence-corrected chi connectivity index (χ0v) is 10.3. The summed E-state index contributed by atoms with van der Waals surface area (Å²) in [4.78, 5) is 26.4. The molecule has 0 radical (unpaired) electrons. The van der Waals surface area contributed by atoms with Crippen LogP contribution in [0.5, 0.6) is 0 Å². The molecule has 0 aliphatic rings. The van der Waals surface area contributed by atoms with Crippen molar-refractivity contribution < 1.29 is 14.7 Å². The Morgan fingerprint density at radius 1 is 1.37 bits per heavy atom. The summed E-state index contributed by atoms with van der Waals surface area (Å²) in [7, 11) is 0. The Balaban J connectivity index is 2.69. The Morgan fingerprint density at radius 2 is 2.11 bits per heavy atom. The highest BCUT2D eigenvalue weighted by Crippen LogP contribution is 2.28. The summed E-state index contributed by atoms with van der Waals surface area (Å²) in [6.45, 7) is 1.66. The molecule has 0 fully saturated rings. The lowest BCUT2D eigenvalue weighted by atomic mass is 10.0. The lowest BCUT2D eigenvalue weighted by Crippen LogP contribution is -2.22. The third kappa shape index (κ3) is 2.38. The summed E-state index contributed by atoms with van der Waals surface area (Å²) in [5, 5.41) is 13.0. The van der Waals surface area contributed by atoms with E-state index in [-0.39, 0.29) is 18.1 Å². The molecule has 6 heteroatoms. The molecule has 1 heterocycles. The van der Waals surface area contributed by atoms with Crippen LogP contribution in [0.3, 0.4) is 0 Å². The maximum Gasteiger partial charge on any atom is 0.355 e. The number of pyridine rings is 1. The number of hydrogen-bond donors (Lipinski definition) is 3. The van der Waals surface area contributed by atoms with E-state index < -0.39 is 5.97 Å². The minimum atomic E-state index is -1.10. The number of amides is 1. The van der Waals surface area contributed by atoms with Gasteiger partial charge >= 0.3 is 5.97 Å². The van der Waals surface area contributed by atoms with E-state index in [0.717, 1.165) is 5.56 Å². The topological polar surface area (TPSA) is 105 Å². The average Bonchev–Trinajstić information content (AvgIpc) is 2.41. The summed E-state index contributed by atoms with van der Waals surface area (Å²) < 4.78 is 0. The van der Waals surface area contributed by atoms with Gasteiger partial charge in [0.15, 0.2) is 5.69 Å². The Labute approximate surface area is 109 Å². The Morgan fingerprint density at radius 3 is 2.74 bits per heavy atom. The maximum atomic E-state index is 11.4. The number of nitrogens with two attached hydrogens (primary N) is 1. The van der Waals surface area contributed by atoms with Gasteiger partial charge < -0.3 is 16.2 Å². The normalized spacial score (nSPS) is 10.4. The molecule has 4 N–H and O–H groups in total. The molecule has 0 aliphatic carbocycles. The van der Waals surface area contributed by atoms with E-state index in [2.05, 4.69) is 10.3 Å². The highest BCUT2D eigenvalue weighted by molar-refractivity contribution is 6.09. The number of hydrogen-bond acceptors (Lipinski definition) is 4. The Kier molecular flexibility index (Phi) is 3.43. The van der Waals surface area contributed by atoms with Crippen molar-refractivity contribution in [3.63, 3.8) is 0 Å². The standard InChI is InChI=1S/C13H13N3O3/c1-7-2-3-9(16-10(17)6-14)8-4-5-15-12(11(7)8)13(18)19/h2-5H,6,14H2,1H3,(H,16,17)(H,18,19). The zero-order valence-electron chi connectivity index (χ0n) is 10.3. The van der Waals surface area contributed by atoms with E-state index in [0.29, 0.717) is 16.5 Å². The Bertz CT molecular complexity index is 667. The van der Waals surface area contributed by atoms with Gasteiger partial charge in [0.25, 0.3) is 0 Å². The fourth-order valence-corrected chi connectivity index (χ4v) is 1.94. The number of carboxylic acid groups (broad SMARTS) is 1. The number of rotatable bonds is 3. The van der Waals surface area contributed by atoms with Crippen LogP contribution in [0.1, 0.15) is 16.1 Å². The molecule has 0 spiro atoms. The van der Waals surface area contributed by atoms with Crippen molar-refractivity contribution in [1.82, 2.24) is 4.98 Å². The van der Waals surface area contributed by atoms with Crippen LogP contribution < -0.4 is 11.1 Å². The van der Waals surface area contributed by atoms with E-state index in [1.807, 2.05) is 0 Å². The number of fused-ring (bicyclic) bond motifs is 1. The summed E-state index contributed by atoms with van der Waals surface area (Å²) in [5.74, 6) is -1.44. The van der Waals surface area contributed by atoms with Crippen LogP contribution in [-0.4, -0.2) is 28.5 Å². The first-order valence-electron chi connectivity index (χ1n) is 5.66. The number of benzene rings is 1. The van der Waals surface area contributed by atoms with Gasteiger partial charge in [0.05, 0.1) is 6.54 Å². The van der Waals surface area contributed by atoms with Crippen LogP contribution >= 0.6 is 0 Å². The van der Waals surface area contributed by atoms with Gasteiger partial charge in [-0.15, -0.1) is 0 Å². The SMILES string of the molecule is Cc1ccc(NC(=O)CN)c2ccnc(C(=O)O)c12. The largest absolute Gasteiger partial charge is 0.476 e. The molecular weight excluding hydrogens is 246 g/mol. The number of aryl methyl sites for hydroxylation is 1. The van der Waals surface area contributed by atoms with Gasteiger partial charge in [-0.1, -0.05) is 6.07 Å². The van der Waals surface area contributed by atoms with E-state index in [1.165, 1.54) is 6.20 Å². The van der Waals surface area contributed by atoms with Crippen molar-refractivity contribution in [2.75, 3.05) is 11.9 Å². The second-order valence-corrected chi connectivity index (χ2v) is 4.07. The monoisotopic (exact) mass is 259 g/mol. The average molecular weight is 259 g/mol. The molecular formula is C13H13N3O3. The van der Waals surface area contributed by atoms with Crippen molar-refractivity contribution in [3.05, 3.63) is 35.7 Å². The smallest absolute Gasteiger partial charge is 0.355 e. The zero-order chi connectivity index (χ0) is 14.0. The van der Waals surface area contributed by atoms with E-state index in [4.69, 9.17) is 10.8 Å². The number of nitrogens with one attached hydrogen (secondary N) is 1. The molecule has 0 saturated heterocycles. The summed E-state index contributed by atoms with van der Waals surface area (Å²) in [6, 6.07) is 5.13. The molecule has 1 amide bonds. The molecule has 2 aromatic rings. The van der Waals surface area contributed by atoms with Crippen molar-refractivity contribution in [2.45, 2.75) is 6.92 Å². The number of carboxylic acids is 1. The second-order valence-electron chi connectivity index (χ2n) is 4.07. The third-order valence-corrected chi connectivity index (χ3v) is 2.80. The van der Waals surface area contributed by atoms with Crippen molar-refractivity contribution in [1.29, 1.82) is 0 Å². The second kappa shape index (κ2) is 5.03. The molecule has 6 nitrogen and oxygen atoms in total. The summed E-state index contributed by atoms with van der Waals surface area (Å²) >= 11 is 0. The molecule has 0 bridgehead atoms. The molecule has 1 aromatic heterocycles. The summed E-state index contributed by atoms with van der Waals surface area (Å²) in [5.41, 5.74) is 6.54. The van der Waals surface area contributed by atoms with Crippen LogP contribution in [0, 0.1) is 6.92 Å². The number of carbonyl (C=O) groups excluding carboxylic acids is 1. The van der Waals surface area contributed by atoms with Crippen molar-refractivity contribution in [3.8, 4) is 0 Å². The van der Waals surface area contributed by atoms with Crippen LogP contribution in [0.2, 0.25) is 0 Å². The van der Waals surface area contributed by atoms with Gasteiger partial charge in [-0.25, -0.2) is 9.78 Å². The summed E-state index contributed by atoms with van der Waals surface area (Å²) in [6.07, 6.45) is 1.41. The number of carbonyl (C=O) groups is 2. The maximum absolute atomic E-state index is 11.4. The minimum Gasteiger partial charge on any atom is -0.476 e. The molecule has 0 atom stereocenters. The van der Waals surface area contributed by atoms with Crippen molar-refractivity contribution >= 4 is 28.3 Å². The quantitative estimate of drug-likeness (QED) is 0.766. The van der Waals surface area contributed by atoms with Crippen LogP contribution in [-0.2, 0) is 4.79 Å². The van der Waals surface area contributed by atoms with Gasteiger partial charge in [0, 0.05) is 22.7 Å². The van der Waals surface area contributed by atoms with Gasteiger partial charge in [0.2, 0.25) is 5.91 Å². The first-order chi connectivity index (χ1) is 9.04.